The molecule has 9 heteroatoms. The highest BCUT2D eigenvalue weighted by atomic mass is 127. The van der Waals surface area contributed by atoms with E-state index in [9.17, 15) is 14.4 Å². The van der Waals surface area contributed by atoms with E-state index < -0.39 is 17.1 Å². The third kappa shape index (κ3) is 9.81. The van der Waals surface area contributed by atoms with E-state index in [4.69, 9.17) is 4.74 Å². The van der Waals surface area contributed by atoms with Crippen LogP contribution in [0, 0.1) is 3.57 Å². The molecule has 3 amide bonds. The maximum Gasteiger partial charge on any atom is 0.272 e. The number of hydrogen-bond donors (Lipinski definition) is 3. The van der Waals surface area contributed by atoms with Gasteiger partial charge in [0.2, 0.25) is 5.91 Å². The Balaban J connectivity index is 1.32. The molecule has 0 radical (unpaired) electrons. The molecule has 0 aromatic heterocycles. The molecule has 0 bridgehead atoms. The van der Waals surface area contributed by atoms with Crippen LogP contribution in [0.4, 0.5) is 11.4 Å². The van der Waals surface area contributed by atoms with E-state index in [0.717, 1.165) is 19.7 Å². The summed E-state index contributed by atoms with van der Waals surface area (Å²) in [5, 5.41) is 8.17. The van der Waals surface area contributed by atoms with Gasteiger partial charge < -0.3 is 20.7 Å². The van der Waals surface area contributed by atoms with Gasteiger partial charge in [-0.05, 0) is 120 Å². The van der Waals surface area contributed by atoms with E-state index in [2.05, 4.69) is 38.5 Å². The molecule has 0 aliphatic rings. The second-order valence-corrected chi connectivity index (χ2v) is 12.7. The number of carbonyl (C=O) groups excluding carboxylic acids is 3. The molecular weight excluding hydrogens is 721 g/mol. The fourth-order valence-corrected chi connectivity index (χ4v) is 5.91. The van der Waals surface area contributed by atoms with E-state index in [1.165, 1.54) is 11.8 Å². The summed E-state index contributed by atoms with van der Waals surface area (Å²) in [6.07, 6.45) is 1.62. The lowest BCUT2D eigenvalue weighted by molar-refractivity contribution is -0.116. The second-order valence-electron chi connectivity index (χ2n) is 10.3. The predicted octanol–water partition coefficient (Wildman–Crippen LogP) is 8.57. The molecule has 0 heterocycles. The normalized spacial score (nSPS) is 11.7. The maximum absolute atomic E-state index is 13.5. The van der Waals surface area contributed by atoms with Crippen molar-refractivity contribution in [3.63, 3.8) is 0 Å². The third-order valence-electron chi connectivity index (χ3n) is 6.85. The van der Waals surface area contributed by atoms with Gasteiger partial charge in [0.25, 0.3) is 11.8 Å². The zero-order chi connectivity index (χ0) is 33.0. The summed E-state index contributed by atoms with van der Waals surface area (Å²) in [5.74, 6) is -0.315. The number of halogens is 1. The summed E-state index contributed by atoms with van der Waals surface area (Å²) in [6, 6.07) is 40.5. The van der Waals surface area contributed by atoms with Crippen molar-refractivity contribution in [1.82, 2.24) is 5.32 Å². The number of rotatable bonds is 12. The highest BCUT2D eigenvalue weighted by molar-refractivity contribution is 14.1. The Morgan fingerprint density at radius 1 is 0.745 bits per heavy atom. The molecule has 0 saturated heterocycles. The first kappa shape index (κ1) is 33.5. The number of thioether (sulfide) groups is 1. The number of carbonyl (C=O) groups is 3. The van der Waals surface area contributed by atoms with Gasteiger partial charge in [0.05, 0.1) is 6.61 Å². The molecular formula is C38H32IN3O4S. The van der Waals surface area contributed by atoms with Crippen molar-refractivity contribution in [2.24, 2.45) is 0 Å². The summed E-state index contributed by atoms with van der Waals surface area (Å²) >= 11 is 3.64. The molecule has 236 valence electrons. The first-order valence-corrected chi connectivity index (χ1v) is 16.8. The highest BCUT2D eigenvalue weighted by Crippen LogP contribution is 2.37. The first-order valence-electron chi connectivity index (χ1n) is 14.9. The average molecular weight is 754 g/mol. The zero-order valence-corrected chi connectivity index (χ0v) is 28.5. The van der Waals surface area contributed by atoms with Crippen molar-refractivity contribution in [3.05, 3.63) is 159 Å². The Bertz CT molecular complexity index is 1830. The minimum absolute atomic E-state index is 0.0814. The molecule has 0 spiro atoms. The molecule has 3 N–H and O–H groups in total. The fourth-order valence-electron chi connectivity index (χ4n) is 4.53. The van der Waals surface area contributed by atoms with Crippen molar-refractivity contribution in [1.29, 1.82) is 0 Å². The van der Waals surface area contributed by atoms with Crippen LogP contribution in [0.5, 0.6) is 5.75 Å². The Labute approximate surface area is 292 Å². The van der Waals surface area contributed by atoms with E-state index >= 15 is 0 Å². The Hall–Kier alpha value is -4.87. The molecule has 5 rings (SSSR count). The molecule has 5 aromatic carbocycles. The summed E-state index contributed by atoms with van der Waals surface area (Å²) in [5.41, 5.74) is 3.36. The number of amides is 3. The second kappa shape index (κ2) is 16.6. The van der Waals surface area contributed by atoms with Crippen molar-refractivity contribution < 1.29 is 19.1 Å². The maximum atomic E-state index is 13.5. The molecule has 0 aliphatic carbocycles. The number of ether oxygens (including phenoxy) is 1. The van der Waals surface area contributed by atoms with Crippen LogP contribution in [0.1, 0.15) is 33.7 Å². The monoisotopic (exact) mass is 753 g/mol. The van der Waals surface area contributed by atoms with Crippen LogP contribution < -0.4 is 20.7 Å². The van der Waals surface area contributed by atoms with Gasteiger partial charge in [-0.25, -0.2) is 0 Å². The van der Waals surface area contributed by atoms with Crippen LogP contribution in [0.15, 0.2) is 144 Å². The summed E-state index contributed by atoms with van der Waals surface area (Å²) < 4.78 is 6.61. The lowest BCUT2D eigenvalue weighted by atomic mass is 10.1. The Morgan fingerprint density at radius 3 is 1.98 bits per heavy atom. The van der Waals surface area contributed by atoms with Crippen LogP contribution in [-0.2, 0) is 9.59 Å². The minimum atomic E-state index is -0.507. The Morgan fingerprint density at radius 2 is 1.34 bits per heavy atom. The van der Waals surface area contributed by atoms with Crippen molar-refractivity contribution >= 4 is 69.5 Å². The number of anilines is 2. The molecule has 0 saturated carbocycles. The van der Waals surface area contributed by atoms with Gasteiger partial charge in [0.1, 0.15) is 16.7 Å². The highest BCUT2D eigenvalue weighted by Gasteiger charge is 2.22. The predicted molar refractivity (Wildman–Crippen MR) is 197 cm³/mol. The average Bonchev–Trinajstić information content (AvgIpc) is 3.10. The molecule has 47 heavy (non-hydrogen) atoms. The molecule has 0 aliphatic heterocycles. The van der Waals surface area contributed by atoms with Crippen LogP contribution in [0.2, 0.25) is 0 Å². The summed E-state index contributed by atoms with van der Waals surface area (Å²) in [6.45, 7) is 2.45. The van der Waals surface area contributed by atoms with Gasteiger partial charge in [0, 0.05) is 25.4 Å². The van der Waals surface area contributed by atoms with E-state index in [1.807, 2.05) is 104 Å². The van der Waals surface area contributed by atoms with Gasteiger partial charge in [-0.3, -0.25) is 14.4 Å². The number of benzene rings is 5. The minimum Gasteiger partial charge on any atom is -0.494 e. The van der Waals surface area contributed by atoms with Crippen LogP contribution >= 0.6 is 34.4 Å². The zero-order valence-electron chi connectivity index (χ0n) is 25.5. The topological polar surface area (TPSA) is 96.5 Å². The van der Waals surface area contributed by atoms with Crippen molar-refractivity contribution in [2.45, 2.75) is 17.1 Å². The van der Waals surface area contributed by atoms with Gasteiger partial charge in [-0.1, -0.05) is 60.7 Å². The van der Waals surface area contributed by atoms with Gasteiger partial charge >= 0.3 is 0 Å². The molecule has 5 aromatic rings. The van der Waals surface area contributed by atoms with E-state index in [-0.39, 0.29) is 11.6 Å². The largest absolute Gasteiger partial charge is 0.494 e. The van der Waals surface area contributed by atoms with E-state index in [1.54, 1.807) is 42.5 Å². The molecule has 0 fully saturated rings. The molecule has 1 atom stereocenters. The molecule has 7 nitrogen and oxygen atoms in total. The smallest absolute Gasteiger partial charge is 0.272 e. The quantitative estimate of drug-likeness (QED) is 0.0675. The number of hydrogen-bond acceptors (Lipinski definition) is 5. The fraction of sp³-hybridized carbons (Fsp3) is 0.0789. The molecule has 1 unspecified atom stereocenters. The van der Waals surface area contributed by atoms with Crippen LogP contribution in [0.3, 0.4) is 0 Å². The van der Waals surface area contributed by atoms with Crippen molar-refractivity contribution in [2.75, 3.05) is 17.2 Å². The lowest BCUT2D eigenvalue weighted by Gasteiger charge is -2.17. The van der Waals surface area contributed by atoms with Crippen LogP contribution in [-0.4, -0.2) is 24.3 Å². The van der Waals surface area contributed by atoms with Crippen molar-refractivity contribution in [3.8, 4) is 5.75 Å². The summed E-state index contributed by atoms with van der Waals surface area (Å²) in [7, 11) is 0. The van der Waals surface area contributed by atoms with Gasteiger partial charge in [-0.2, -0.15) is 0 Å². The number of nitrogens with one attached hydrogen (secondary N) is 3. The van der Waals surface area contributed by atoms with Crippen LogP contribution in [0.25, 0.3) is 6.08 Å². The third-order valence-corrected chi connectivity index (χ3v) is 8.83. The van der Waals surface area contributed by atoms with Gasteiger partial charge in [-0.15, -0.1) is 11.8 Å². The Kier molecular flexibility index (Phi) is 11.8. The summed E-state index contributed by atoms with van der Waals surface area (Å²) in [4.78, 5) is 40.8. The van der Waals surface area contributed by atoms with E-state index in [0.29, 0.717) is 29.2 Å². The lowest BCUT2D eigenvalue weighted by Crippen LogP contribution is -2.30. The van der Waals surface area contributed by atoms with Gasteiger partial charge in [0.15, 0.2) is 0 Å². The standard InChI is InChI=1S/C38H32IN3O4S/c1-2-46-32-21-13-26(14-22-32)25-34(42-36(43)28-11-7-4-8-12-28)37(44)40-31-19-23-33(24-20-31)47-35(27-9-5-3-6-10-27)38(45)41-30-17-15-29(39)16-18-30/h3-25,35H,2H2,1H3,(H,40,44)(H,41,45)(H,42,43)/b34-25-. The SMILES string of the molecule is CCOc1ccc(/C=C(\NC(=O)c2ccccc2)C(=O)Nc2ccc(SC(C(=O)Nc3ccc(I)cc3)c3ccccc3)cc2)cc1. The first-order chi connectivity index (χ1) is 22.9.